The van der Waals surface area contributed by atoms with Crippen LogP contribution in [0.3, 0.4) is 0 Å². The lowest BCUT2D eigenvalue weighted by Gasteiger charge is -2.29. The van der Waals surface area contributed by atoms with E-state index in [1.54, 1.807) is 0 Å². The van der Waals surface area contributed by atoms with Crippen molar-refractivity contribution in [3.63, 3.8) is 0 Å². The van der Waals surface area contributed by atoms with E-state index >= 15 is 0 Å². The van der Waals surface area contributed by atoms with E-state index in [1.165, 1.54) is 19.3 Å². The highest BCUT2D eigenvalue weighted by Crippen LogP contribution is 2.32. The Morgan fingerprint density at radius 1 is 1.65 bits per heavy atom. The van der Waals surface area contributed by atoms with Gasteiger partial charge in [-0.2, -0.15) is 0 Å². The van der Waals surface area contributed by atoms with Gasteiger partial charge in [-0.25, -0.2) is 0 Å². The zero-order valence-corrected chi connectivity index (χ0v) is 10.4. The van der Waals surface area contributed by atoms with Gasteiger partial charge in [0.05, 0.1) is 0 Å². The SMILES string of the molecule is CCC(CN)NC(=O)c1cccn1C1CCC1. The Morgan fingerprint density at radius 3 is 2.94 bits per heavy atom. The Hall–Kier alpha value is -1.29. The van der Waals surface area contributed by atoms with Gasteiger partial charge >= 0.3 is 0 Å². The van der Waals surface area contributed by atoms with E-state index in [4.69, 9.17) is 5.73 Å². The van der Waals surface area contributed by atoms with Crippen molar-refractivity contribution in [3.8, 4) is 0 Å². The molecule has 1 fully saturated rings. The number of rotatable bonds is 5. The Kier molecular flexibility index (Phi) is 3.84. The molecular formula is C13H21N3O. The van der Waals surface area contributed by atoms with Crippen LogP contribution in [0.5, 0.6) is 0 Å². The summed E-state index contributed by atoms with van der Waals surface area (Å²) in [6.45, 7) is 2.52. The number of carbonyl (C=O) groups is 1. The van der Waals surface area contributed by atoms with Gasteiger partial charge in [-0.3, -0.25) is 4.79 Å². The highest BCUT2D eigenvalue weighted by molar-refractivity contribution is 5.93. The first-order valence-corrected chi connectivity index (χ1v) is 6.44. The van der Waals surface area contributed by atoms with E-state index in [1.807, 2.05) is 25.3 Å². The third-order valence-corrected chi connectivity index (χ3v) is 3.59. The molecule has 1 aliphatic carbocycles. The third kappa shape index (κ3) is 2.52. The van der Waals surface area contributed by atoms with Crippen molar-refractivity contribution in [3.05, 3.63) is 24.0 Å². The van der Waals surface area contributed by atoms with Crippen LogP contribution >= 0.6 is 0 Å². The van der Waals surface area contributed by atoms with E-state index in [9.17, 15) is 4.79 Å². The average molecular weight is 235 g/mol. The van der Waals surface area contributed by atoms with Crippen molar-refractivity contribution in [2.45, 2.75) is 44.7 Å². The minimum absolute atomic E-state index is 0.000741. The van der Waals surface area contributed by atoms with Crippen LogP contribution in [0.25, 0.3) is 0 Å². The molecule has 0 radical (unpaired) electrons. The molecule has 1 saturated carbocycles. The van der Waals surface area contributed by atoms with Gasteiger partial charge in [0.25, 0.3) is 5.91 Å². The van der Waals surface area contributed by atoms with Crippen LogP contribution in [0.15, 0.2) is 18.3 Å². The van der Waals surface area contributed by atoms with Gasteiger partial charge in [0.15, 0.2) is 0 Å². The first-order chi connectivity index (χ1) is 8.26. The number of nitrogens with one attached hydrogen (secondary N) is 1. The second kappa shape index (κ2) is 5.36. The predicted octanol–water partition coefficient (Wildman–Crippen LogP) is 1.68. The molecule has 0 aliphatic heterocycles. The highest BCUT2D eigenvalue weighted by atomic mass is 16.2. The lowest BCUT2D eigenvalue weighted by molar-refractivity contribution is 0.0922. The number of hydrogen-bond acceptors (Lipinski definition) is 2. The van der Waals surface area contributed by atoms with Gasteiger partial charge in [0, 0.05) is 24.8 Å². The topological polar surface area (TPSA) is 60.0 Å². The van der Waals surface area contributed by atoms with Crippen molar-refractivity contribution in [1.82, 2.24) is 9.88 Å². The van der Waals surface area contributed by atoms with Gasteiger partial charge < -0.3 is 15.6 Å². The van der Waals surface area contributed by atoms with Crippen LogP contribution in [0.4, 0.5) is 0 Å². The summed E-state index contributed by atoms with van der Waals surface area (Å²) in [5.74, 6) is -0.000741. The Labute approximate surface area is 102 Å². The zero-order valence-electron chi connectivity index (χ0n) is 10.4. The maximum atomic E-state index is 12.1. The maximum absolute atomic E-state index is 12.1. The second-order valence-electron chi connectivity index (χ2n) is 4.70. The van der Waals surface area contributed by atoms with E-state index in [2.05, 4.69) is 9.88 Å². The average Bonchev–Trinajstić information content (AvgIpc) is 2.72. The summed E-state index contributed by atoms with van der Waals surface area (Å²) in [4.78, 5) is 12.1. The van der Waals surface area contributed by atoms with Crippen molar-refractivity contribution >= 4 is 5.91 Å². The van der Waals surface area contributed by atoms with Crippen LogP contribution in [0.2, 0.25) is 0 Å². The highest BCUT2D eigenvalue weighted by Gasteiger charge is 2.23. The van der Waals surface area contributed by atoms with Crippen LogP contribution in [0, 0.1) is 0 Å². The van der Waals surface area contributed by atoms with Crippen LogP contribution in [0.1, 0.15) is 49.1 Å². The summed E-state index contributed by atoms with van der Waals surface area (Å²) in [6.07, 6.45) is 6.50. The molecule has 2 rings (SSSR count). The molecule has 1 aromatic rings. The summed E-state index contributed by atoms with van der Waals surface area (Å²) in [5.41, 5.74) is 6.36. The van der Waals surface area contributed by atoms with Gasteiger partial charge in [0.2, 0.25) is 0 Å². The Bertz CT molecular complexity index is 378. The second-order valence-corrected chi connectivity index (χ2v) is 4.70. The lowest BCUT2D eigenvalue weighted by Crippen LogP contribution is -2.40. The van der Waals surface area contributed by atoms with E-state index in [0.717, 1.165) is 12.1 Å². The summed E-state index contributed by atoms with van der Waals surface area (Å²) in [5, 5.41) is 2.98. The minimum atomic E-state index is -0.000741. The quantitative estimate of drug-likeness (QED) is 0.815. The van der Waals surface area contributed by atoms with E-state index < -0.39 is 0 Å². The fourth-order valence-corrected chi connectivity index (χ4v) is 2.16. The standard InChI is InChI=1S/C13H21N3O/c1-2-10(9-14)15-13(17)12-7-4-8-16(12)11-5-3-6-11/h4,7-8,10-11H,2-3,5-6,9,14H2,1H3,(H,15,17). The minimum Gasteiger partial charge on any atom is -0.347 e. The number of nitrogens with two attached hydrogens (primary N) is 1. The third-order valence-electron chi connectivity index (χ3n) is 3.59. The van der Waals surface area contributed by atoms with E-state index in [0.29, 0.717) is 12.6 Å². The number of carbonyl (C=O) groups excluding carboxylic acids is 1. The van der Waals surface area contributed by atoms with Crippen LogP contribution in [-0.4, -0.2) is 23.1 Å². The number of hydrogen-bond donors (Lipinski definition) is 2. The number of nitrogens with zero attached hydrogens (tertiary/aromatic N) is 1. The number of aromatic nitrogens is 1. The number of amides is 1. The molecule has 1 amide bonds. The predicted molar refractivity (Wildman–Crippen MR) is 67.9 cm³/mol. The molecule has 1 heterocycles. The van der Waals surface area contributed by atoms with Gasteiger partial charge in [-0.1, -0.05) is 6.92 Å². The first-order valence-electron chi connectivity index (χ1n) is 6.44. The van der Waals surface area contributed by atoms with Crippen molar-refractivity contribution < 1.29 is 4.79 Å². The molecule has 1 aromatic heterocycles. The Morgan fingerprint density at radius 2 is 2.41 bits per heavy atom. The summed E-state index contributed by atoms with van der Waals surface area (Å²) in [6, 6.07) is 4.42. The molecule has 4 nitrogen and oxygen atoms in total. The molecule has 1 unspecified atom stereocenters. The maximum Gasteiger partial charge on any atom is 0.268 e. The molecule has 1 atom stereocenters. The molecule has 4 heteroatoms. The molecule has 3 N–H and O–H groups in total. The zero-order chi connectivity index (χ0) is 12.3. The molecule has 0 saturated heterocycles. The summed E-state index contributed by atoms with van der Waals surface area (Å²) >= 11 is 0. The van der Waals surface area contributed by atoms with Gasteiger partial charge in [0.1, 0.15) is 5.69 Å². The summed E-state index contributed by atoms with van der Waals surface area (Å²) < 4.78 is 2.10. The lowest BCUT2D eigenvalue weighted by atomic mass is 9.93. The molecule has 1 aliphatic rings. The molecule has 0 aromatic carbocycles. The van der Waals surface area contributed by atoms with Crippen LogP contribution in [-0.2, 0) is 0 Å². The largest absolute Gasteiger partial charge is 0.347 e. The van der Waals surface area contributed by atoms with Gasteiger partial charge in [-0.05, 0) is 37.8 Å². The smallest absolute Gasteiger partial charge is 0.268 e. The van der Waals surface area contributed by atoms with Crippen molar-refractivity contribution in [1.29, 1.82) is 0 Å². The van der Waals surface area contributed by atoms with Crippen molar-refractivity contribution in [2.24, 2.45) is 5.73 Å². The monoisotopic (exact) mass is 235 g/mol. The summed E-state index contributed by atoms with van der Waals surface area (Å²) in [7, 11) is 0. The van der Waals surface area contributed by atoms with Crippen molar-refractivity contribution in [2.75, 3.05) is 6.54 Å². The van der Waals surface area contributed by atoms with Gasteiger partial charge in [-0.15, -0.1) is 0 Å². The Balaban J connectivity index is 2.05. The molecule has 0 bridgehead atoms. The molecule has 17 heavy (non-hydrogen) atoms. The first kappa shape index (κ1) is 12.2. The van der Waals surface area contributed by atoms with E-state index in [-0.39, 0.29) is 11.9 Å². The molecule has 0 spiro atoms. The fraction of sp³-hybridized carbons (Fsp3) is 0.615. The molecular weight excluding hydrogens is 214 g/mol. The normalized spacial score (nSPS) is 17.5. The van der Waals surface area contributed by atoms with Crippen LogP contribution < -0.4 is 11.1 Å². The fourth-order valence-electron chi connectivity index (χ4n) is 2.16. The molecule has 94 valence electrons.